The summed E-state index contributed by atoms with van der Waals surface area (Å²) >= 11 is 0. The van der Waals surface area contributed by atoms with Gasteiger partial charge < -0.3 is 9.47 Å². The smallest absolute Gasteiger partial charge is 0.338 e. The van der Waals surface area contributed by atoms with Crippen molar-refractivity contribution in [2.45, 2.75) is 19.3 Å². The molecule has 0 spiro atoms. The molecule has 4 nitrogen and oxygen atoms in total. The summed E-state index contributed by atoms with van der Waals surface area (Å²) in [6.45, 7) is 0. The summed E-state index contributed by atoms with van der Waals surface area (Å²) in [6, 6.07) is 3.14. The van der Waals surface area contributed by atoms with Gasteiger partial charge in [0.15, 0.2) is 5.75 Å². The predicted molar refractivity (Wildman–Crippen MR) is 62.6 cm³/mol. The predicted octanol–water partition coefficient (Wildman–Crippen LogP) is 1.33. The van der Waals surface area contributed by atoms with Gasteiger partial charge in [0, 0.05) is 5.56 Å². The normalized spacial score (nSPS) is 13.1. The lowest BCUT2D eigenvalue weighted by atomic mass is 10.1. The fourth-order valence-corrected chi connectivity index (χ4v) is 2.24. The SMILES string of the molecule is COC(=O)c1ccc(OC)c(=O)c2c1CCC2. The van der Waals surface area contributed by atoms with Crippen LogP contribution in [0.3, 0.4) is 0 Å². The van der Waals surface area contributed by atoms with E-state index in [0.29, 0.717) is 17.5 Å². The molecule has 1 aliphatic carbocycles. The fourth-order valence-electron chi connectivity index (χ4n) is 2.24. The maximum Gasteiger partial charge on any atom is 0.338 e. The van der Waals surface area contributed by atoms with E-state index in [9.17, 15) is 9.59 Å². The summed E-state index contributed by atoms with van der Waals surface area (Å²) in [6.07, 6.45) is 2.33. The molecule has 0 bridgehead atoms. The summed E-state index contributed by atoms with van der Waals surface area (Å²) in [5, 5.41) is 0. The van der Waals surface area contributed by atoms with Crippen LogP contribution >= 0.6 is 0 Å². The molecular formula is C13H14O4. The van der Waals surface area contributed by atoms with E-state index in [1.807, 2.05) is 0 Å². The number of methoxy groups -OCH3 is 2. The Bertz CT molecular complexity index is 520. The average molecular weight is 234 g/mol. The first-order chi connectivity index (χ1) is 8.19. The van der Waals surface area contributed by atoms with Gasteiger partial charge in [-0.3, -0.25) is 4.79 Å². The first kappa shape index (κ1) is 11.6. The molecule has 0 saturated heterocycles. The third-order valence-corrected chi connectivity index (χ3v) is 3.07. The highest BCUT2D eigenvalue weighted by Gasteiger charge is 2.22. The minimum Gasteiger partial charge on any atom is -0.493 e. The summed E-state index contributed by atoms with van der Waals surface area (Å²) in [7, 11) is 2.79. The van der Waals surface area contributed by atoms with E-state index < -0.39 is 5.97 Å². The van der Waals surface area contributed by atoms with Crippen LogP contribution in [0.2, 0.25) is 0 Å². The molecule has 0 heterocycles. The second-order valence-corrected chi connectivity index (χ2v) is 3.95. The first-order valence-corrected chi connectivity index (χ1v) is 5.50. The van der Waals surface area contributed by atoms with E-state index in [4.69, 9.17) is 9.47 Å². The van der Waals surface area contributed by atoms with Crippen LogP contribution in [0.4, 0.5) is 0 Å². The van der Waals surface area contributed by atoms with Crippen LogP contribution < -0.4 is 10.2 Å². The van der Waals surface area contributed by atoms with Crippen LogP contribution in [0.25, 0.3) is 0 Å². The number of hydrogen-bond acceptors (Lipinski definition) is 4. The Morgan fingerprint density at radius 3 is 2.53 bits per heavy atom. The first-order valence-electron chi connectivity index (χ1n) is 5.50. The van der Waals surface area contributed by atoms with Gasteiger partial charge in [0.05, 0.1) is 19.8 Å². The second-order valence-electron chi connectivity index (χ2n) is 3.95. The molecule has 1 aliphatic rings. The number of hydrogen-bond donors (Lipinski definition) is 0. The van der Waals surface area contributed by atoms with Gasteiger partial charge in [-0.05, 0) is 37.0 Å². The highest BCUT2D eigenvalue weighted by molar-refractivity contribution is 5.91. The molecule has 1 aromatic rings. The van der Waals surface area contributed by atoms with Crippen LogP contribution in [0.15, 0.2) is 16.9 Å². The lowest BCUT2D eigenvalue weighted by Gasteiger charge is -2.01. The van der Waals surface area contributed by atoms with Crippen molar-refractivity contribution in [3.8, 4) is 5.75 Å². The molecule has 4 heteroatoms. The summed E-state index contributed by atoms with van der Waals surface area (Å²) in [4.78, 5) is 23.7. The molecule has 0 aromatic heterocycles. The second kappa shape index (κ2) is 4.57. The third kappa shape index (κ3) is 1.90. The van der Waals surface area contributed by atoms with Crippen LogP contribution in [0.1, 0.15) is 27.9 Å². The summed E-state index contributed by atoms with van der Waals surface area (Å²) in [5.74, 6) is -0.126. The Labute approximate surface area is 99.2 Å². The van der Waals surface area contributed by atoms with Crippen molar-refractivity contribution >= 4 is 5.97 Å². The highest BCUT2D eigenvalue weighted by Crippen LogP contribution is 2.24. The number of rotatable bonds is 2. The molecule has 0 fully saturated rings. The maximum atomic E-state index is 12.1. The maximum absolute atomic E-state index is 12.1. The lowest BCUT2D eigenvalue weighted by molar-refractivity contribution is 0.0599. The van der Waals surface area contributed by atoms with Gasteiger partial charge in [-0.15, -0.1) is 0 Å². The zero-order valence-corrected chi connectivity index (χ0v) is 9.91. The number of carbonyl (C=O) groups is 1. The van der Waals surface area contributed by atoms with E-state index in [0.717, 1.165) is 18.4 Å². The van der Waals surface area contributed by atoms with Gasteiger partial charge in [-0.2, -0.15) is 0 Å². The van der Waals surface area contributed by atoms with Crippen molar-refractivity contribution in [2.24, 2.45) is 0 Å². The lowest BCUT2D eigenvalue weighted by Crippen LogP contribution is -2.09. The number of esters is 1. The van der Waals surface area contributed by atoms with E-state index in [-0.39, 0.29) is 11.2 Å². The molecule has 0 atom stereocenters. The standard InChI is InChI=1S/C13H14O4/c1-16-11-7-6-10(13(15)17-2)8-4-3-5-9(8)12(11)14/h6-7H,3-5H2,1-2H3. The van der Waals surface area contributed by atoms with Crippen LogP contribution in [-0.2, 0) is 17.6 Å². The Kier molecular flexibility index (Phi) is 3.13. The molecular weight excluding hydrogens is 220 g/mol. The van der Waals surface area contributed by atoms with Crippen molar-refractivity contribution < 1.29 is 14.3 Å². The van der Waals surface area contributed by atoms with Gasteiger partial charge in [0.2, 0.25) is 5.43 Å². The topological polar surface area (TPSA) is 52.6 Å². The number of fused-ring (bicyclic) bond motifs is 1. The van der Waals surface area contributed by atoms with Gasteiger partial charge in [0.1, 0.15) is 0 Å². The molecule has 1 aromatic carbocycles. The van der Waals surface area contributed by atoms with E-state index in [1.165, 1.54) is 20.3 Å². The van der Waals surface area contributed by atoms with E-state index in [2.05, 4.69) is 0 Å². The Morgan fingerprint density at radius 1 is 1.18 bits per heavy atom. The minimum absolute atomic E-state index is 0.116. The van der Waals surface area contributed by atoms with E-state index in [1.54, 1.807) is 6.07 Å². The molecule has 17 heavy (non-hydrogen) atoms. The van der Waals surface area contributed by atoms with Crippen molar-refractivity contribution in [1.29, 1.82) is 0 Å². The number of ether oxygens (including phenoxy) is 2. The van der Waals surface area contributed by atoms with Gasteiger partial charge in [-0.1, -0.05) is 0 Å². The monoisotopic (exact) mass is 234 g/mol. The summed E-state index contributed by atoms with van der Waals surface area (Å²) in [5.41, 5.74) is 1.85. The number of carbonyl (C=O) groups excluding carboxylic acids is 1. The zero-order valence-electron chi connectivity index (χ0n) is 9.91. The highest BCUT2D eigenvalue weighted by atomic mass is 16.5. The van der Waals surface area contributed by atoms with E-state index >= 15 is 0 Å². The molecule has 0 amide bonds. The van der Waals surface area contributed by atoms with Crippen LogP contribution in [0, 0.1) is 0 Å². The van der Waals surface area contributed by atoms with Crippen LogP contribution in [-0.4, -0.2) is 20.2 Å². The van der Waals surface area contributed by atoms with Gasteiger partial charge in [0.25, 0.3) is 0 Å². The van der Waals surface area contributed by atoms with Crippen molar-refractivity contribution in [3.05, 3.63) is 39.0 Å². The fraction of sp³-hybridized carbons (Fsp3) is 0.385. The third-order valence-electron chi connectivity index (χ3n) is 3.07. The Balaban J connectivity index is 2.73. The minimum atomic E-state index is -0.402. The van der Waals surface area contributed by atoms with Crippen molar-refractivity contribution in [1.82, 2.24) is 0 Å². The Hall–Kier alpha value is -1.84. The molecule has 0 unspecified atom stereocenters. The zero-order chi connectivity index (χ0) is 12.4. The van der Waals surface area contributed by atoms with Gasteiger partial charge >= 0.3 is 5.97 Å². The molecule has 0 aliphatic heterocycles. The molecule has 0 N–H and O–H groups in total. The molecule has 90 valence electrons. The molecule has 0 radical (unpaired) electrons. The van der Waals surface area contributed by atoms with Crippen LogP contribution in [0.5, 0.6) is 5.75 Å². The van der Waals surface area contributed by atoms with Crippen molar-refractivity contribution in [2.75, 3.05) is 14.2 Å². The van der Waals surface area contributed by atoms with Crippen molar-refractivity contribution in [3.63, 3.8) is 0 Å². The average Bonchev–Trinajstić information content (AvgIpc) is 2.77. The Morgan fingerprint density at radius 2 is 1.88 bits per heavy atom. The molecule has 2 rings (SSSR count). The quantitative estimate of drug-likeness (QED) is 0.724. The summed E-state index contributed by atoms with van der Waals surface area (Å²) < 4.78 is 9.77. The van der Waals surface area contributed by atoms with Gasteiger partial charge in [-0.25, -0.2) is 4.79 Å². The molecule has 0 saturated carbocycles. The largest absolute Gasteiger partial charge is 0.493 e.